The van der Waals surface area contributed by atoms with E-state index in [1.165, 1.54) is 11.2 Å². The molecule has 1 aromatic heterocycles. The molecule has 0 aliphatic heterocycles. The largest absolute Gasteiger partial charge is 0.469 e. The molecule has 2 aromatic rings. The van der Waals surface area contributed by atoms with Crippen LogP contribution in [0.4, 0.5) is 4.79 Å². The van der Waals surface area contributed by atoms with Crippen LogP contribution in [-0.4, -0.2) is 23.9 Å². The highest BCUT2D eigenvalue weighted by Crippen LogP contribution is 2.10. The summed E-state index contributed by atoms with van der Waals surface area (Å²) in [4.78, 5) is 25.3. The van der Waals surface area contributed by atoms with Gasteiger partial charge in [0.2, 0.25) is 0 Å². The number of benzene rings is 1. The molecular weight excluding hydrogens is 282 g/mol. The van der Waals surface area contributed by atoms with Crippen LogP contribution in [0.3, 0.4) is 0 Å². The Bertz CT molecular complexity index is 679. The van der Waals surface area contributed by atoms with E-state index in [0.717, 1.165) is 11.1 Å². The molecule has 6 nitrogen and oxygen atoms in total. The second kappa shape index (κ2) is 6.80. The van der Waals surface area contributed by atoms with Crippen molar-refractivity contribution in [2.75, 3.05) is 7.05 Å². The molecule has 0 aliphatic rings. The van der Waals surface area contributed by atoms with Crippen LogP contribution < -0.4 is 10.9 Å². The van der Waals surface area contributed by atoms with E-state index in [9.17, 15) is 9.59 Å². The van der Waals surface area contributed by atoms with Crippen LogP contribution >= 0.6 is 0 Å². The molecule has 0 saturated carbocycles. The third-order valence-corrected chi connectivity index (χ3v) is 3.40. The van der Waals surface area contributed by atoms with Gasteiger partial charge in [0.15, 0.2) is 0 Å². The summed E-state index contributed by atoms with van der Waals surface area (Å²) in [5.41, 5.74) is 7.30. The van der Waals surface area contributed by atoms with Gasteiger partial charge >= 0.3 is 6.03 Å². The fraction of sp³-hybridized carbons (Fsp3) is 0.250. The third kappa shape index (κ3) is 3.66. The van der Waals surface area contributed by atoms with Crippen LogP contribution in [0.2, 0.25) is 0 Å². The standard InChI is InChI=1S/C16H19N3O3/c1-11-6-4-5-7-13(11)10-19(3)16(21)18-17-15(20)14-8-9-22-12(14)2/h4-9H,10H2,1-3H3,(H,17,20)(H,18,21). The minimum absolute atomic E-state index is 0.391. The molecule has 2 N–H and O–H groups in total. The van der Waals surface area contributed by atoms with Gasteiger partial charge in [0.1, 0.15) is 5.76 Å². The van der Waals surface area contributed by atoms with Crippen LogP contribution in [-0.2, 0) is 6.54 Å². The van der Waals surface area contributed by atoms with E-state index in [0.29, 0.717) is 17.9 Å². The smallest absolute Gasteiger partial charge is 0.336 e. The van der Waals surface area contributed by atoms with Gasteiger partial charge in [0, 0.05) is 13.6 Å². The lowest BCUT2D eigenvalue weighted by atomic mass is 10.1. The van der Waals surface area contributed by atoms with Crippen molar-refractivity contribution in [2.24, 2.45) is 0 Å². The molecule has 0 unspecified atom stereocenters. The van der Waals surface area contributed by atoms with Crippen molar-refractivity contribution in [3.8, 4) is 0 Å². The summed E-state index contributed by atoms with van der Waals surface area (Å²) in [5, 5.41) is 0. The molecule has 0 aliphatic carbocycles. The molecule has 6 heteroatoms. The number of hydrogen-bond donors (Lipinski definition) is 2. The summed E-state index contributed by atoms with van der Waals surface area (Å²) >= 11 is 0. The van der Waals surface area contributed by atoms with E-state index in [2.05, 4.69) is 10.9 Å². The second-order valence-corrected chi connectivity index (χ2v) is 5.06. The average molecular weight is 301 g/mol. The van der Waals surface area contributed by atoms with Crippen LogP contribution in [0.25, 0.3) is 0 Å². The van der Waals surface area contributed by atoms with E-state index < -0.39 is 11.9 Å². The normalized spacial score (nSPS) is 10.1. The molecule has 0 fully saturated rings. The van der Waals surface area contributed by atoms with E-state index in [4.69, 9.17) is 4.42 Å². The zero-order valence-electron chi connectivity index (χ0n) is 12.8. The first-order valence-corrected chi connectivity index (χ1v) is 6.89. The van der Waals surface area contributed by atoms with Gasteiger partial charge in [-0.2, -0.15) is 0 Å². The molecule has 0 radical (unpaired) electrons. The van der Waals surface area contributed by atoms with Crippen molar-refractivity contribution in [3.63, 3.8) is 0 Å². The number of furan rings is 1. The number of amides is 3. The number of carbonyl (C=O) groups is 2. The lowest BCUT2D eigenvalue weighted by Crippen LogP contribution is -2.47. The summed E-state index contributed by atoms with van der Waals surface area (Å²) in [5.74, 6) is 0.0869. The van der Waals surface area contributed by atoms with Crippen LogP contribution in [0, 0.1) is 13.8 Å². The second-order valence-electron chi connectivity index (χ2n) is 5.06. The summed E-state index contributed by atoms with van der Waals surface area (Å²) in [6, 6.07) is 8.99. The van der Waals surface area contributed by atoms with Gasteiger partial charge in [-0.15, -0.1) is 0 Å². The third-order valence-electron chi connectivity index (χ3n) is 3.40. The van der Waals surface area contributed by atoms with Crippen molar-refractivity contribution in [2.45, 2.75) is 20.4 Å². The molecule has 2 rings (SSSR count). The maximum atomic E-state index is 12.0. The van der Waals surface area contributed by atoms with Gasteiger partial charge in [-0.25, -0.2) is 10.2 Å². The number of rotatable bonds is 3. The first-order valence-electron chi connectivity index (χ1n) is 6.89. The minimum Gasteiger partial charge on any atom is -0.469 e. The average Bonchev–Trinajstić information content (AvgIpc) is 2.93. The molecular formula is C16H19N3O3. The highest BCUT2D eigenvalue weighted by molar-refractivity contribution is 5.95. The number of hydrogen-bond acceptors (Lipinski definition) is 3. The molecule has 22 heavy (non-hydrogen) atoms. The Hall–Kier alpha value is -2.76. The first kappa shape index (κ1) is 15.6. The first-order chi connectivity index (χ1) is 10.5. The SMILES string of the molecule is Cc1ccccc1CN(C)C(=O)NNC(=O)c1ccoc1C. The van der Waals surface area contributed by atoms with Crippen molar-refractivity contribution in [1.29, 1.82) is 0 Å². The van der Waals surface area contributed by atoms with E-state index in [1.807, 2.05) is 31.2 Å². The van der Waals surface area contributed by atoms with Crippen molar-refractivity contribution in [1.82, 2.24) is 15.8 Å². The van der Waals surface area contributed by atoms with Crippen molar-refractivity contribution >= 4 is 11.9 Å². The Morgan fingerprint density at radius 1 is 1.14 bits per heavy atom. The van der Waals surface area contributed by atoms with Gasteiger partial charge in [-0.1, -0.05) is 24.3 Å². The molecule has 0 bridgehead atoms. The fourth-order valence-corrected chi connectivity index (χ4v) is 2.01. The highest BCUT2D eigenvalue weighted by atomic mass is 16.3. The lowest BCUT2D eigenvalue weighted by molar-refractivity contribution is 0.0929. The van der Waals surface area contributed by atoms with Gasteiger partial charge in [-0.05, 0) is 31.0 Å². The van der Waals surface area contributed by atoms with Gasteiger partial charge < -0.3 is 9.32 Å². The quantitative estimate of drug-likeness (QED) is 0.855. The molecule has 1 heterocycles. The fourth-order valence-electron chi connectivity index (χ4n) is 2.01. The Labute approximate surface area is 129 Å². The van der Waals surface area contributed by atoms with Gasteiger partial charge in [-0.3, -0.25) is 10.2 Å². The maximum absolute atomic E-state index is 12.0. The molecule has 0 atom stereocenters. The molecule has 1 aromatic carbocycles. The summed E-state index contributed by atoms with van der Waals surface area (Å²) < 4.78 is 5.05. The lowest BCUT2D eigenvalue weighted by Gasteiger charge is -2.19. The zero-order valence-corrected chi connectivity index (χ0v) is 12.8. The summed E-state index contributed by atoms with van der Waals surface area (Å²) in [6.07, 6.45) is 1.43. The number of nitrogens with zero attached hydrogens (tertiary/aromatic N) is 1. The Morgan fingerprint density at radius 2 is 1.86 bits per heavy atom. The number of aryl methyl sites for hydroxylation is 2. The van der Waals surface area contributed by atoms with Crippen LogP contribution in [0.5, 0.6) is 0 Å². The van der Waals surface area contributed by atoms with Crippen LogP contribution in [0.1, 0.15) is 27.2 Å². The van der Waals surface area contributed by atoms with Gasteiger partial charge in [0.05, 0.1) is 11.8 Å². The number of urea groups is 1. The molecule has 0 spiro atoms. The van der Waals surface area contributed by atoms with Crippen LogP contribution in [0.15, 0.2) is 41.0 Å². The molecule has 3 amide bonds. The van der Waals surface area contributed by atoms with Gasteiger partial charge in [0.25, 0.3) is 5.91 Å². The number of carbonyl (C=O) groups excluding carboxylic acids is 2. The monoisotopic (exact) mass is 301 g/mol. The number of nitrogens with one attached hydrogen (secondary N) is 2. The molecule has 116 valence electrons. The van der Waals surface area contributed by atoms with E-state index in [-0.39, 0.29) is 0 Å². The number of hydrazine groups is 1. The highest BCUT2D eigenvalue weighted by Gasteiger charge is 2.14. The topological polar surface area (TPSA) is 74.6 Å². The van der Waals surface area contributed by atoms with Crippen molar-refractivity contribution < 1.29 is 14.0 Å². The predicted octanol–water partition coefficient (Wildman–Crippen LogP) is 2.38. The molecule has 0 saturated heterocycles. The predicted molar refractivity (Wildman–Crippen MR) is 82.1 cm³/mol. The maximum Gasteiger partial charge on any atom is 0.336 e. The van der Waals surface area contributed by atoms with Crippen molar-refractivity contribution in [3.05, 3.63) is 59.0 Å². The Morgan fingerprint density at radius 3 is 2.50 bits per heavy atom. The summed E-state index contributed by atoms with van der Waals surface area (Å²) in [7, 11) is 1.66. The Balaban J connectivity index is 1.88. The zero-order chi connectivity index (χ0) is 16.1. The Kier molecular flexibility index (Phi) is 4.83. The van der Waals surface area contributed by atoms with E-state index in [1.54, 1.807) is 20.0 Å². The summed E-state index contributed by atoms with van der Waals surface area (Å²) in [6.45, 7) is 4.13. The minimum atomic E-state index is -0.413. The van der Waals surface area contributed by atoms with E-state index >= 15 is 0 Å².